The minimum atomic E-state index is -0.506. The van der Waals surface area contributed by atoms with Gasteiger partial charge in [-0.05, 0) is 306 Å². The summed E-state index contributed by atoms with van der Waals surface area (Å²) < 4.78 is 4.96. The maximum absolute atomic E-state index is 4.42. The molecule has 0 N–H and O–H groups in total. The van der Waals surface area contributed by atoms with Crippen LogP contribution in [0.4, 0.5) is 0 Å². The van der Waals surface area contributed by atoms with E-state index in [9.17, 15) is 0 Å². The molecule has 8 nitrogen and oxygen atoms in total. The zero-order valence-electron chi connectivity index (χ0n) is 76.9. The molecule has 0 radical (unpaired) electrons. The molecule has 0 saturated carbocycles. The average Bonchev–Trinajstić information content (AvgIpc) is 1.54. The van der Waals surface area contributed by atoms with E-state index in [2.05, 4.69) is 500 Å². The summed E-state index contributed by atoms with van der Waals surface area (Å²) in [6, 6.07) is 173. The Morgan fingerprint density at radius 1 is 0.170 bits per heavy atom. The van der Waals surface area contributed by atoms with Crippen molar-refractivity contribution < 1.29 is 0 Å². The first-order valence-corrected chi connectivity index (χ1v) is 47.8. The third-order valence-corrected chi connectivity index (χ3v) is 27.9. The molecule has 0 spiro atoms. The summed E-state index contributed by atoms with van der Waals surface area (Å²) in [5, 5.41) is 4.82. The van der Waals surface area contributed by atoms with E-state index in [0.717, 1.165) is 162 Å². The van der Waals surface area contributed by atoms with Crippen LogP contribution >= 0.6 is 0 Å². The topological polar surface area (TPSA) is 87.2 Å². The molecule has 6 heterocycles. The number of benzene rings is 19. The molecule has 0 unspecified atom stereocenters. The second kappa shape index (κ2) is 36.5. The van der Waals surface area contributed by atoms with Gasteiger partial charge in [-0.15, -0.1) is 0 Å². The van der Waals surface area contributed by atoms with Crippen LogP contribution in [0.3, 0.4) is 0 Å². The van der Waals surface area contributed by atoms with Gasteiger partial charge >= 0.3 is 0 Å². The molecule has 25 aromatic rings. The largest absolute Gasteiger partial charge is 0.307 e. The Labute approximate surface area is 818 Å². The van der Waals surface area contributed by atoms with Crippen molar-refractivity contribution in [1.29, 1.82) is 0 Å². The highest BCUT2D eigenvalue weighted by Gasteiger charge is 2.47. The van der Waals surface area contributed by atoms with Crippen molar-refractivity contribution in [3.8, 4) is 178 Å². The SMILES string of the molecule is c1ccc(-n2c3ccccc3c3cc(-c4cc(-c5cccc(-c6cccc(-c7cccnc7)c6)c5)cc(-c5cccc(-c6cccc(-c7cccnc7)c6)c5)c4)c4c5ccccc5n(-c5ccccc5)c4c32)cc1.c1ccc(C2(c3ccccc3)c3ccccc3-c3c(-c4cc(-c5cccc(-c6cccc(-c7cncnc7)c6)c5)cc(-c5cccc(-c6cccc(-c7cncnc7)c6)c5)c4)cccc32)cc1. The monoisotopic (exact) mass is 1800 g/mol. The maximum atomic E-state index is 4.42. The zero-order chi connectivity index (χ0) is 93.5. The Hall–Kier alpha value is -18.8. The number of para-hydroxylation sites is 4. The summed E-state index contributed by atoms with van der Waals surface area (Å²) in [5.74, 6) is 0. The van der Waals surface area contributed by atoms with Gasteiger partial charge in [-0.2, -0.15) is 0 Å². The van der Waals surface area contributed by atoms with E-state index in [-0.39, 0.29) is 0 Å². The molecule has 1 aliphatic carbocycles. The highest BCUT2D eigenvalue weighted by Crippen LogP contribution is 2.59. The van der Waals surface area contributed by atoms with Crippen LogP contribution in [-0.4, -0.2) is 39.0 Å². The Balaban J connectivity index is 0.000000149. The molecular formula is C133H88N8. The summed E-state index contributed by atoms with van der Waals surface area (Å²) >= 11 is 0. The van der Waals surface area contributed by atoms with E-state index in [1.807, 2.05) is 61.7 Å². The second-order valence-electron chi connectivity index (χ2n) is 36.2. The number of aromatic nitrogens is 8. The normalized spacial score (nSPS) is 11.9. The van der Waals surface area contributed by atoms with E-state index < -0.39 is 5.41 Å². The van der Waals surface area contributed by atoms with Crippen molar-refractivity contribution in [3.05, 3.63) is 558 Å². The molecule has 0 bridgehead atoms. The van der Waals surface area contributed by atoms with Gasteiger partial charge in [0.25, 0.3) is 0 Å². The van der Waals surface area contributed by atoms with Crippen molar-refractivity contribution in [2.75, 3.05) is 0 Å². The van der Waals surface area contributed by atoms with Crippen molar-refractivity contribution in [1.82, 2.24) is 39.0 Å². The number of rotatable bonds is 18. The van der Waals surface area contributed by atoms with Gasteiger partial charge in [0.15, 0.2) is 0 Å². The molecule has 141 heavy (non-hydrogen) atoms. The van der Waals surface area contributed by atoms with E-state index in [4.69, 9.17) is 0 Å². The third-order valence-electron chi connectivity index (χ3n) is 27.9. The summed E-state index contributed by atoms with van der Waals surface area (Å²) in [5.41, 5.74) is 45.5. The minimum absolute atomic E-state index is 0.506. The van der Waals surface area contributed by atoms with E-state index in [1.54, 1.807) is 12.7 Å². The lowest BCUT2D eigenvalue weighted by Gasteiger charge is -2.34. The Bertz CT molecular complexity index is 8690. The lowest BCUT2D eigenvalue weighted by Crippen LogP contribution is -2.28. The maximum Gasteiger partial charge on any atom is 0.115 e. The Morgan fingerprint density at radius 2 is 0.454 bits per heavy atom. The van der Waals surface area contributed by atoms with E-state index in [1.165, 1.54) is 82.6 Å². The van der Waals surface area contributed by atoms with E-state index in [0.29, 0.717) is 0 Å². The number of hydrogen-bond acceptors (Lipinski definition) is 6. The first-order valence-electron chi connectivity index (χ1n) is 47.8. The highest BCUT2D eigenvalue weighted by molar-refractivity contribution is 6.28. The van der Waals surface area contributed by atoms with Crippen molar-refractivity contribution in [2.24, 2.45) is 0 Å². The quantitative estimate of drug-likeness (QED) is 0.0851. The van der Waals surface area contributed by atoms with Gasteiger partial charge in [0.05, 0.1) is 27.5 Å². The minimum Gasteiger partial charge on any atom is -0.307 e. The van der Waals surface area contributed by atoms with Gasteiger partial charge in [-0.1, -0.05) is 334 Å². The van der Waals surface area contributed by atoms with Crippen LogP contribution in [0.5, 0.6) is 0 Å². The van der Waals surface area contributed by atoms with Crippen molar-refractivity contribution >= 4 is 43.6 Å². The molecule has 6 aromatic heterocycles. The highest BCUT2D eigenvalue weighted by atomic mass is 15.0. The van der Waals surface area contributed by atoms with Crippen LogP contribution in [-0.2, 0) is 5.41 Å². The van der Waals surface area contributed by atoms with Gasteiger partial charge in [0, 0.05) is 105 Å². The van der Waals surface area contributed by atoms with Crippen molar-refractivity contribution in [2.45, 2.75) is 5.41 Å². The first-order chi connectivity index (χ1) is 69.9. The molecule has 26 rings (SSSR count). The molecule has 0 saturated heterocycles. The summed E-state index contributed by atoms with van der Waals surface area (Å²) in [6.07, 6.45) is 18.1. The standard InChI is InChI=1S/C70H46N4.C63H42N4/c1-3-27-60(28-4-1)73-66-33-9-7-31-62(66)65-44-64(68-63-32-8-10-34-67(63)74(70(68)69(65)73)61-29-5-2-6-30-61)59-42-57(53-23-13-19-49(39-53)47-17-11-21-51(37-47)55-25-15-35-71-45-55)41-58(43-59)54-24-14-20-50(40-54)48-18-12-22-52(38-48)56-26-16-36-72-46-56;1-3-22-56(23-4-1)63(57-24-5-2-6-25-57)60-28-8-7-26-59(60)62-58(27-13-29-61(62)63)53-35-51(47-18-9-14-43(30-47)45-16-11-20-49(32-45)54-37-64-41-65-38-54)34-52(36-53)48-19-10-15-44(31-48)46-17-12-21-50(33-46)55-39-66-42-67-40-55/h1-46H;1-42H. The Morgan fingerprint density at radius 3 is 0.858 bits per heavy atom. The molecule has 0 atom stereocenters. The van der Waals surface area contributed by atoms with Crippen LogP contribution < -0.4 is 0 Å². The van der Waals surface area contributed by atoms with Crippen molar-refractivity contribution in [3.63, 3.8) is 0 Å². The third kappa shape index (κ3) is 15.6. The van der Waals surface area contributed by atoms with Gasteiger partial charge in [0.2, 0.25) is 0 Å². The molecular weight excluding hydrogens is 1710 g/mol. The Kier molecular flexibility index (Phi) is 21.7. The molecule has 0 amide bonds. The van der Waals surface area contributed by atoms with Gasteiger partial charge in [-0.3, -0.25) is 9.97 Å². The fraction of sp³-hybridized carbons (Fsp3) is 0.00752. The number of nitrogens with zero attached hydrogens (tertiary/aromatic N) is 8. The van der Waals surface area contributed by atoms with Crippen LogP contribution in [0.15, 0.2) is 535 Å². The first kappa shape index (κ1) is 84.0. The number of fused-ring (bicyclic) bond motifs is 10. The van der Waals surface area contributed by atoms with Crippen LogP contribution in [0.2, 0.25) is 0 Å². The fourth-order valence-corrected chi connectivity index (χ4v) is 21.5. The second-order valence-corrected chi connectivity index (χ2v) is 36.2. The average molecular weight is 1800 g/mol. The molecule has 660 valence electrons. The fourth-order valence-electron chi connectivity index (χ4n) is 21.5. The van der Waals surface area contributed by atoms with Gasteiger partial charge in [-0.25, -0.2) is 19.9 Å². The van der Waals surface area contributed by atoms with Gasteiger partial charge < -0.3 is 9.13 Å². The molecule has 0 fully saturated rings. The summed E-state index contributed by atoms with van der Waals surface area (Å²) in [7, 11) is 0. The molecule has 19 aromatic carbocycles. The van der Waals surface area contributed by atoms with E-state index >= 15 is 0 Å². The van der Waals surface area contributed by atoms with Gasteiger partial charge in [0.1, 0.15) is 12.7 Å². The van der Waals surface area contributed by atoms with Crippen LogP contribution in [0, 0.1) is 0 Å². The number of hydrogen-bond donors (Lipinski definition) is 0. The molecule has 1 aliphatic rings. The lowest BCUT2D eigenvalue weighted by atomic mass is 9.67. The summed E-state index contributed by atoms with van der Waals surface area (Å²) in [4.78, 5) is 26.0. The molecule has 8 heteroatoms. The zero-order valence-corrected chi connectivity index (χ0v) is 76.9. The smallest absolute Gasteiger partial charge is 0.115 e. The van der Waals surface area contributed by atoms with Crippen LogP contribution in [0.25, 0.3) is 222 Å². The lowest BCUT2D eigenvalue weighted by molar-refractivity contribution is 0.768. The van der Waals surface area contributed by atoms with Crippen LogP contribution in [0.1, 0.15) is 22.3 Å². The molecule has 0 aliphatic heterocycles. The summed E-state index contributed by atoms with van der Waals surface area (Å²) in [6.45, 7) is 0. The predicted molar refractivity (Wildman–Crippen MR) is 582 cm³/mol. The number of pyridine rings is 2. The predicted octanol–water partition coefficient (Wildman–Crippen LogP) is 33.6.